The van der Waals surface area contributed by atoms with Crippen molar-refractivity contribution in [1.82, 2.24) is 24.7 Å². The summed E-state index contributed by atoms with van der Waals surface area (Å²) >= 11 is 0. The van der Waals surface area contributed by atoms with Crippen molar-refractivity contribution < 1.29 is 4.74 Å². The highest BCUT2D eigenvalue weighted by molar-refractivity contribution is 5.83. The summed E-state index contributed by atoms with van der Waals surface area (Å²) in [6.45, 7) is 6.39. The topological polar surface area (TPSA) is 102 Å². The average molecular weight is 505 g/mol. The molecule has 0 bridgehead atoms. The number of nitrogens with zero attached hydrogens (tertiary/aromatic N) is 6. The molecule has 0 radical (unpaired) electrons. The lowest BCUT2D eigenvalue weighted by molar-refractivity contribution is 0.306. The number of para-hydroxylation sites is 1. The van der Waals surface area contributed by atoms with Gasteiger partial charge in [0.05, 0.1) is 11.9 Å². The Morgan fingerprint density at radius 1 is 0.842 bits per heavy atom. The third kappa shape index (κ3) is 6.19. The largest absolute Gasteiger partial charge is 0.488 e. The Morgan fingerprint density at radius 3 is 2.34 bits per heavy atom. The van der Waals surface area contributed by atoms with Gasteiger partial charge in [-0.1, -0.05) is 60.2 Å². The van der Waals surface area contributed by atoms with Crippen molar-refractivity contribution in [3.05, 3.63) is 113 Å². The predicted octanol–water partition coefficient (Wildman–Crippen LogP) is 5.75. The van der Waals surface area contributed by atoms with E-state index in [1.54, 1.807) is 10.9 Å². The number of hydrogen-bond acceptors (Lipinski definition) is 8. The van der Waals surface area contributed by atoms with Crippen LogP contribution in [0.1, 0.15) is 28.1 Å². The summed E-state index contributed by atoms with van der Waals surface area (Å²) in [5.41, 5.74) is 8.66. The van der Waals surface area contributed by atoms with Crippen molar-refractivity contribution in [2.45, 2.75) is 27.4 Å². The second kappa shape index (κ2) is 11.3. The van der Waals surface area contributed by atoms with Crippen LogP contribution in [0.15, 0.2) is 90.0 Å². The fourth-order valence-corrected chi connectivity index (χ4v) is 3.78. The van der Waals surface area contributed by atoms with Gasteiger partial charge in [-0.25, -0.2) is 10.1 Å². The van der Waals surface area contributed by atoms with E-state index in [-0.39, 0.29) is 5.95 Å². The first-order valence-electron chi connectivity index (χ1n) is 12.2. The molecule has 9 nitrogen and oxygen atoms in total. The molecule has 5 rings (SSSR count). The van der Waals surface area contributed by atoms with Gasteiger partial charge in [0.25, 0.3) is 5.95 Å². The van der Waals surface area contributed by atoms with Crippen molar-refractivity contribution in [1.29, 1.82) is 0 Å². The second-order valence-electron chi connectivity index (χ2n) is 8.79. The highest BCUT2D eigenvalue weighted by atomic mass is 16.5. The van der Waals surface area contributed by atoms with Crippen molar-refractivity contribution in [3.63, 3.8) is 0 Å². The maximum absolute atomic E-state index is 6.03. The van der Waals surface area contributed by atoms with Gasteiger partial charge in [-0.2, -0.15) is 25.2 Å². The minimum atomic E-state index is 0.274. The van der Waals surface area contributed by atoms with Gasteiger partial charge in [0, 0.05) is 16.9 Å². The summed E-state index contributed by atoms with van der Waals surface area (Å²) in [5.74, 6) is 1.75. The molecule has 0 aliphatic carbocycles. The van der Waals surface area contributed by atoms with Crippen LogP contribution in [0.5, 0.6) is 5.75 Å². The molecule has 0 aliphatic rings. The molecule has 190 valence electrons. The van der Waals surface area contributed by atoms with Crippen LogP contribution in [0, 0.1) is 20.8 Å². The summed E-state index contributed by atoms with van der Waals surface area (Å²) in [6, 6.07) is 27.7. The highest BCUT2D eigenvalue weighted by Gasteiger charge is 2.12. The number of rotatable bonds is 9. The van der Waals surface area contributed by atoms with E-state index in [4.69, 9.17) is 4.74 Å². The highest BCUT2D eigenvalue weighted by Crippen LogP contribution is 2.19. The first kappa shape index (κ1) is 24.6. The van der Waals surface area contributed by atoms with E-state index < -0.39 is 0 Å². The van der Waals surface area contributed by atoms with Gasteiger partial charge in [-0.05, 0) is 56.7 Å². The summed E-state index contributed by atoms with van der Waals surface area (Å²) < 4.78 is 7.71. The molecule has 0 fully saturated rings. The number of aromatic nitrogens is 5. The Morgan fingerprint density at radius 2 is 1.58 bits per heavy atom. The van der Waals surface area contributed by atoms with Crippen molar-refractivity contribution in [2.24, 2.45) is 5.10 Å². The number of aryl methyl sites for hydroxylation is 3. The molecule has 3 aromatic carbocycles. The molecular weight excluding hydrogens is 476 g/mol. The normalized spacial score (nSPS) is 11.0. The van der Waals surface area contributed by atoms with Gasteiger partial charge in [-0.15, -0.1) is 0 Å². The van der Waals surface area contributed by atoms with Crippen LogP contribution >= 0.6 is 0 Å². The predicted molar refractivity (Wildman–Crippen MR) is 149 cm³/mol. The van der Waals surface area contributed by atoms with Crippen LogP contribution in [-0.4, -0.2) is 30.9 Å². The average Bonchev–Trinajstić information content (AvgIpc) is 3.27. The van der Waals surface area contributed by atoms with Gasteiger partial charge >= 0.3 is 0 Å². The van der Waals surface area contributed by atoms with Crippen LogP contribution in [0.3, 0.4) is 0 Å². The van der Waals surface area contributed by atoms with E-state index in [0.717, 1.165) is 34.0 Å². The molecule has 9 heteroatoms. The van der Waals surface area contributed by atoms with Crippen LogP contribution in [0.2, 0.25) is 0 Å². The lowest BCUT2D eigenvalue weighted by Crippen LogP contribution is -2.11. The monoisotopic (exact) mass is 504 g/mol. The zero-order valence-corrected chi connectivity index (χ0v) is 21.5. The van der Waals surface area contributed by atoms with Crippen molar-refractivity contribution in [2.75, 3.05) is 10.7 Å². The Labute approximate surface area is 221 Å². The van der Waals surface area contributed by atoms with Crippen LogP contribution in [0.25, 0.3) is 5.95 Å². The number of ether oxygens (including phenoxy) is 1. The zero-order chi connectivity index (χ0) is 26.3. The number of benzene rings is 3. The molecule has 0 amide bonds. The molecule has 2 N–H and O–H groups in total. The molecule has 0 saturated heterocycles. The minimum Gasteiger partial charge on any atom is -0.488 e. The van der Waals surface area contributed by atoms with Gasteiger partial charge in [-0.3, -0.25) is 0 Å². The number of hydrazone groups is 1. The molecule has 0 atom stereocenters. The molecule has 0 unspecified atom stereocenters. The molecule has 2 heterocycles. The SMILES string of the molecule is Cc1ccc(Nc2nc(NN=Cc3ccccc3OCc3ccccc3)nc(-n3nc(C)cc3C)n2)cc1. The Bertz CT molecular complexity index is 1550. The van der Waals surface area contributed by atoms with E-state index in [1.807, 2.05) is 106 Å². The zero-order valence-electron chi connectivity index (χ0n) is 21.5. The first-order chi connectivity index (χ1) is 18.5. The maximum atomic E-state index is 6.03. The number of anilines is 3. The van der Waals surface area contributed by atoms with E-state index in [0.29, 0.717) is 18.5 Å². The Kier molecular flexibility index (Phi) is 7.35. The number of hydrogen-bond donors (Lipinski definition) is 2. The lowest BCUT2D eigenvalue weighted by Gasteiger charge is -2.10. The minimum absolute atomic E-state index is 0.274. The van der Waals surface area contributed by atoms with Crippen LogP contribution < -0.4 is 15.5 Å². The lowest BCUT2D eigenvalue weighted by atomic mass is 10.2. The third-order valence-corrected chi connectivity index (χ3v) is 5.65. The van der Waals surface area contributed by atoms with E-state index in [1.165, 1.54) is 5.56 Å². The third-order valence-electron chi connectivity index (χ3n) is 5.65. The van der Waals surface area contributed by atoms with E-state index in [2.05, 4.69) is 35.9 Å². The Balaban J connectivity index is 1.38. The van der Waals surface area contributed by atoms with Crippen LogP contribution in [-0.2, 0) is 6.61 Å². The van der Waals surface area contributed by atoms with E-state index >= 15 is 0 Å². The standard InChI is InChI=1S/C29H28N8O/c1-20-13-15-25(16-14-20)31-27-32-28(34-29(33-27)37-22(3)17-21(2)36-37)35-30-18-24-11-7-8-12-26(24)38-19-23-9-5-4-6-10-23/h4-18H,19H2,1-3H3,(H2,31,32,33,34,35). The summed E-state index contributed by atoms with van der Waals surface area (Å²) in [6.07, 6.45) is 1.68. The molecule has 2 aromatic heterocycles. The van der Waals surface area contributed by atoms with Gasteiger partial charge in [0.15, 0.2) is 0 Å². The summed E-state index contributed by atoms with van der Waals surface area (Å²) in [4.78, 5) is 13.6. The van der Waals surface area contributed by atoms with Gasteiger partial charge < -0.3 is 10.1 Å². The molecule has 38 heavy (non-hydrogen) atoms. The second-order valence-corrected chi connectivity index (χ2v) is 8.79. The fraction of sp³-hybridized carbons (Fsp3) is 0.138. The smallest absolute Gasteiger partial charge is 0.257 e. The first-order valence-corrected chi connectivity index (χ1v) is 12.2. The van der Waals surface area contributed by atoms with Crippen LogP contribution in [0.4, 0.5) is 17.6 Å². The summed E-state index contributed by atoms with van der Waals surface area (Å²) in [7, 11) is 0. The maximum Gasteiger partial charge on any atom is 0.257 e. The molecule has 0 aliphatic heterocycles. The molecule has 0 saturated carbocycles. The summed E-state index contributed by atoms with van der Waals surface area (Å²) in [5, 5.41) is 12.1. The molecule has 5 aromatic rings. The van der Waals surface area contributed by atoms with Gasteiger partial charge in [0.2, 0.25) is 11.9 Å². The van der Waals surface area contributed by atoms with Gasteiger partial charge in [0.1, 0.15) is 12.4 Å². The van der Waals surface area contributed by atoms with E-state index in [9.17, 15) is 0 Å². The molecule has 0 spiro atoms. The van der Waals surface area contributed by atoms with Crippen molar-refractivity contribution in [3.8, 4) is 11.7 Å². The molecular formula is C29H28N8O. The fourth-order valence-electron chi connectivity index (χ4n) is 3.78. The Hall–Kier alpha value is -5.05. The number of nitrogens with one attached hydrogen (secondary N) is 2. The van der Waals surface area contributed by atoms with Crippen molar-refractivity contribution >= 4 is 23.8 Å². The quantitative estimate of drug-likeness (QED) is 0.195.